The van der Waals surface area contributed by atoms with Crippen molar-refractivity contribution in [3.8, 4) is 11.5 Å². The molecule has 0 atom stereocenters. The molecule has 4 rings (SSSR count). The number of halogens is 2. The van der Waals surface area contributed by atoms with Crippen molar-refractivity contribution >= 4 is 34.3 Å². The summed E-state index contributed by atoms with van der Waals surface area (Å²) in [6, 6.07) is 34.3. The number of benzene rings is 4. The van der Waals surface area contributed by atoms with Crippen molar-refractivity contribution in [2.45, 2.75) is 13.0 Å². The van der Waals surface area contributed by atoms with E-state index in [0.29, 0.717) is 37.1 Å². The Balaban J connectivity index is 1.55. The molecule has 0 aliphatic carbocycles. The molecule has 0 spiro atoms. The van der Waals surface area contributed by atoms with Crippen LogP contribution in [-0.4, -0.2) is 26.2 Å². The Morgan fingerprint density at radius 3 is 1.86 bits per heavy atom. The fraction of sp³-hybridized carbons (Fsp3) is 0.188. The molecule has 4 aromatic rings. The molecule has 0 aliphatic rings. The van der Waals surface area contributed by atoms with Crippen LogP contribution in [0.15, 0.2) is 103 Å². The van der Waals surface area contributed by atoms with Crippen LogP contribution >= 0.6 is 23.2 Å². The van der Waals surface area contributed by atoms with Crippen molar-refractivity contribution in [3.05, 3.63) is 130 Å². The highest BCUT2D eigenvalue weighted by Crippen LogP contribution is 2.36. The lowest BCUT2D eigenvalue weighted by atomic mass is 9.88. The van der Waals surface area contributed by atoms with E-state index in [1.165, 1.54) is 0 Å². The molecule has 0 fully saturated rings. The van der Waals surface area contributed by atoms with Gasteiger partial charge in [0, 0.05) is 10.9 Å². The summed E-state index contributed by atoms with van der Waals surface area (Å²) in [5, 5.41) is 0.703. The standard InChI is InChI=1S/C32H30Cl2O3/c1-35-29-15-9-26(10-16-29)32(31(19-20-33)25-7-13-28(34)14-8-25)27-11-17-30(18-12-27)37-22-21-36-23-24-5-3-2-4-6-24/h2-18H,19-23H2,1H3. The average molecular weight is 533 g/mol. The molecule has 37 heavy (non-hydrogen) atoms. The Morgan fingerprint density at radius 2 is 1.27 bits per heavy atom. The van der Waals surface area contributed by atoms with Gasteiger partial charge in [-0.25, -0.2) is 0 Å². The second-order valence-corrected chi connectivity index (χ2v) is 9.25. The van der Waals surface area contributed by atoms with Gasteiger partial charge in [-0.1, -0.05) is 78.3 Å². The van der Waals surface area contributed by atoms with E-state index in [1.54, 1.807) is 7.11 Å². The first-order valence-corrected chi connectivity index (χ1v) is 13.1. The summed E-state index contributed by atoms with van der Waals surface area (Å²) >= 11 is 12.5. The highest BCUT2D eigenvalue weighted by molar-refractivity contribution is 6.30. The molecule has 0 saturated carbocycles. The maximum atomic E-state index is 6.28. The Hall–Kier alpha value is -3.24. The molecule has 0 unspecified atom stereocenters. The van der Waals surface area contributed by atoms with Crippen molar-refractivity contribution in [1.82, 2.24) is 0 Å². The van der Waals surface area contributed by atoms with Crippen molar-refractivity contribution < 1.29 is 14.2 Å². The summed E-state index contributed by atoms with van der Waals surface area (Å²) in [6.45, 7) is 1.58. The minimum absolute atomic E-state index is 0.482. The van der Waals surface area contributed by atoms with Gasteiger partial charge < -0.3 is 14.2 Å². The van der Waals surface area contributed by atoms with Crippen molar-refractivity contribution in [3.63, 3.8) is 0 Å². The maximum absolute atomic E-state index is 6.28. The van der Waals surface area contributed by atoms with Gasteiger partial charge in [-0.05, 0) is 76.2 Å². The molecule has 190 valence electrons. The Bertz CT molecular complexity index is 1270. The third-order valence-corrected chi connectivity index (χ3v) is 6.41. The van der Waals surface area contributed by atoms with Crippen molar-refractivity contribution in [2.75, 3.05) is 26.2 Å². The van der Waals surface area contributed by atoms with E-state index in [9.17, 15) is 0 Å². The lowest BCUT2D eigenvalue weighted by Gasteiger charge is -2.18. The average Bonchev–Trinajstić information content (AvgIpc) is 2.95. The molecule has 0 saturated heterocycles. The third kappa shape index (κ3) is 7.62. The molecule has 0 aliphatic heterocycles. The second-order valence-electron chi connectivity index (χ2n) is 8.44. The second kappa shape index (κ2) is 13.9. The summed E-state index contributed by atoms with van der Waals surface area (Å²) in [4.78, 5) is 0. The first-order valence-electron chi connectivity index (χ1n) is 12.2. The summed E-state index contributed by atoms with van der Waals surface area (Å²) in [5.74, 6) is 2.11. The van der Waals surface area contributed by atoms with Gasteiger partial charge in [-0.3, -0.25) is 0 Å². The van der Waals surface area contributed by atoms with Gasteiger partial charge in [-0.2, -0.15) is 0 Å². The monoisotopic (exact) mass is 532 g/mol. The van der Waals surface area contributed by atoms with Crippen LogP contribution in [0.2, 0.25) is 5.02 Å². The van der Waals surface area contributed by atoms with Crippen LogP contribution in [0.1, 0.15) is 28.7 Å². The lowest BCUT2D eigenvalue weighted by Crippen LogP contribution is -2.06. The van der Waals surface area contributed by atoms with E-state index in [4.69, 9.17) is 37.4 Å². The number of alkyl halides is 1. The molecule has 0 amide bonds. The van der Waals surface area contributed by atoms with Gasteiger partial charge in [-0.15, -0.1) is 11.6 Å². The summed E-state index contributed by atoms with van der Waals surface area (Å²) in [6.07, 6.45) is 0.710. The van der Waals surface area contributed by atoms with E-state index >= 15 is 0 Å². The zero-order valence-corrected chi connectivity index (χ0v) is 22.3. The normalized spacial score (nSPS) is 11.6. The largest absolute Gasteiger partial charge is 0.497 e. The van der Waals surface area contributed by atoms with Gasteiger partial charge >= 0.3 is 0 Å². The zero-order chi connectivity index (χ0) is 25.9. The number of hydrogen-bond donors (Lipinski definition) is 0. The van der Waals surface area contributed by atoms with Crippen LogP contribution in [0.4, 0.5) is 0 Å². The number of allylic oxidation sites excluding steroid dienone is 1. The molecule has 0 aromatic heterocycles. The van der Waals surface area contributed by atoms with Gasteiger partial charge in [0.05, 0.1) is 20.3 Å². The topological polar surface area (TPSA) is 27.7 Å². The third-order valence-electron chi connectivity index (χ3n) is 5.97. The van der Waals surface area contributed by atoms with E-state index in [0.717, 1.165) is 44.9 Å². The number of ether oxygens (including phenoxy) is 3. The molecule has 0 radical (unpaired) electrons. The molecule has 0 heterocycles. The van der Waals surface area contributed by atoms with E-state index in [2.05, 4.69) is 36.4 Å². The SMILES string of the molecule is COc1ccc(C(=C(CCCl)c2ccc(Cl)cc2)c2ccc(OCCOCc3ccccc3)cc2)cc1. The highest BCUT2D eigenvalue weighted by Gasteiger charge is 2.15. The fourth-order valence-corrected chi connectivity index (χ4v) is 4.45. The smallest absolute Gasteiger partial charge is 0.119 e. The van der Waals surface area contributed by atoms with Crippen LogP contribution in [0, 0.1) is 0 Å². The van der Waals surface area contributed by atoms with E-state index in [-0.39, 0.29) is 0 Å². The van der Waals surface area contributed by atoms with E-state index < -0.39 is 0 Å². The van der Waals surface area contributed by atoms with Gasteiger partial charge in [0.15, 0.2) is 0 Å². The first-order chi connectivity index (χ1) is 18.2. The molecule has 5 heteroatoms. The zero-order valence-electron chi connectivity index (χ0n) is 20.8. The van der Waals surface area contributed by atoms with Gasteiger partial charge in [0.25, 0.3) is 0 Å². The van der Waals surface area contributed by atoms with E-state index in [1.807, 2.05) is 66.7 Å². The lowest BCUT2D eigenvalue weighted by molar-refractivity contribution is 0.0889. The fourth-order valence-electron chi connectivity index (χ4n) is 4.13. The molecular weight excluding hydrogens is 503 g/mol. The van der Waals surface area contributed by atoms with Gasteiger partial charge in [0.2, 0.25) is 0 Å². The Morgan fingerprint density at radius 1 is 0.676 bits per heavy atom. The van der Waals surface area contributed by atoms with Crippen LogP contribution in [-0.2, 0) is 11.3 Å². The molecule has 0 bridgehead atoms. The van der Waals surface area contributed by atoms with Crippen LogP contribution in [0.25, 0.3) is 11.1 Å². The Kier molecular flexibility index (Phi) is 10.1. The van der Waals surface area contributed by atoms with Crippen LogP contribution in [0.3, 0.4) is 0 Å². The maximum Gasteiger partial charge on any atom is 0.119 e. The Labute approximate surface area is 229 Å². The summed E-state index contributed by atoms with van der Waals surface area (Å²) in [7, 11) is 1.67. The quantitative estimate of drug-likeness (QED) is 0.104. The molecule has 3 nitrogen and oxygen atoms in total. The highest BCUT2D eigenvalue weighted by atomic mass is 35.5. The number of hydrogen-bond acceptors (Lipinski definition) is 3. The number of methoxy groups -OCH3 is 1. The minimum atomic E-state index is 0.482. The van der Waals surface area contributed by atoms with Crippen LogP contribution < -0.4 is 9.47 Å². The number of rotatable bonds is 12. The predicted molar refractivity (Wildman–Crippen MR) is 154 cm³/mol. The molecule has 0 N–H and O–H groups in total. The predicted octanol–water partition coefficient (Wildman–Crippen LogP) is 8.53. The summed E-state index contributed by atoms with van der Waals surface area (Å²) < 4.78 is 17.0. The van der Waals surface area contributed by atoms with Crippen molar-refractivity contribution in [2.24, 2.45) is 0 Å². The van der Waals surface area contributed by atoms with Crippen molar-refractivity contribution in [1.29, 1.82) is 0 Å². The van der Waals surface area contributed by atoms with Gasteiger partial charge in [0.1, 0.15) is 18.1 Å². The minimum Gasteiger partial charge on any atom is -0.497 e. The van der Waals surface area contributed by atoms with Crippen LogP contribution in [0.5, 0.6) is 11.5 Å². The first kappa shape index (κ1) is 26.8. The molecular formula is C32H30Cl2O3. The summed E-state index contributed by atoms with van der Waals surface area (Å²) in [5.41, 5.74) is 6.67. The molecule has 4 aromatic carbocycles.